The van der Waals surface area contributed by atoms with E-state index in [1.807, 2.05) is 54.6 Å². The normalized spacial score (nSPS) is 16.4. The summed E-state index contributed by atoms with van der Waals surface area (Å²) in [6.45, 7) is 9.11. The van der Waals surface area contributed by atoms with Crippen LogP contribution in [0.2, 0.25) is 0 Å². The summed E-state index contributed by atoms with van der Waals surface area (Å²) in [5, 5.41) is 2.93. The van der Waals surface area contributed by atoms with Gasteiger partial charge in [0.05, 0.1) is 0 Å². The molecule has 144 valence electrons. The van der Waals surface area contributed by atoms with Crippen molar-refractivity contribution in [2.24, 2.45) is 5.73 Å². The van der Waals surface area contributed by atoms with E-state index in [4.69, 9.17) is 5.73 Å². The lowest BCUT2D eigenvalue weighted by molar-refractivity contribution is 0.0951. The first-order valence-corrected chi connectivity index (χ1v) is 9.72. The maximum atomic E-state index is 12.4. The van der Waals surface area contributed by atoms with Crippen molar-refractivity contribution in [2.75, 3.05) is 37.6 Å². The van der Waals surface area contributed by atoms with Gasteiger partial charge >= 0.3 is 0 Å². The highest BCUT2D eigenvalue weighted by Crippen LogP contribution is 2.18. The number of nitrogens with zero attached hydrogens (tertiary/aromatic N) is 2. The van der Waals surface area contributed by atoms with Crippen molar-refractivity contribution in [2.45, 2.75) is 25.9 Å². The summed E-state index contributed by atoms with van der Waals surface area (Å²) in [7, 11) is 0. The topological polar surface area (TPSA) is 61.6 Å². The number of amides is 1. The number of piperazine rings is 1. The van der Waals surface area contributed by atoms with Crippen LogP contribution >= 0.6 is 0 Å². The minimum Gasteiger partial charge on any atom is -0.369 e. The molecule has 0 aliphatic carbocycles. The Labute approximate surface area is 162 Å². The summed E-state index contributed by atoms with van der Waals surface area (Å²) < 4.78 is 0. The van der Waals surface area contributed by atoms with E-state index in [1.165, 1.54) is 5.69 Å². The molecule has 1 amide bonds. The number of rotatable bonds is 6. The molecule has 0 spiro atoms. The third-order valence-electron chi connectivity index (χ3n) is 5.25. The second-order valence-electron chi connectivity index (χ2n) is 7.39. The van der Waals surface area contributed by atoms with Gasteiger partial charge in [-0.3, -0.25) is 9.69 Å². The third-order valence-corrected chi connectivity index (χ3v) is 5.25. The Kier molecular flexibility index (Phi) is 6.48. The molecule has 5 heteroatoms. The molecule has 1 atom stereocenters. The van der Waals surface area contributed by atoms with Crippen LogP contribution in [0.3, 0.4) is 0 Å². The van der Waals surface area contributed by atoms with Gasteiger partial charge in [0.25, 0.3) is 5.91 Å². The summed E-state index contributed by atoms with van der Waals surface area (Å²) in [5.74, 6) is -0.0856. The van der Waals surface area contributed by atoms with Crippen LogP contribution in [0, 0.1) is 0 Å². The molecule has 5 nitrogen and oxygen atoms in total. The van der Waals surface area contributed by atoms with Crippen LogP contribution in [0.5, 0.6) is 0 Å². The molecule has 1 saturated heterocycles. The summed E-state index contributed by atoms with van der Waals surface area (Å²) in [4.78, 5) is 17.3. The number of hydrogen-bond donors (Lipinski definition) is 2. The van der Waals surface area contributed by atoms with Crippen molar-refractivity contribution in [3.05, 3.63) is 65.7 Å². The van der Waals surface area contributed by atoms with E-state index in [1.54, 1.807) is 0 Å². The van der Waals surface area contributed by atoms with E-state index in [0.29, 0.717) is 18.2 Å². The van der Waals surface area contributed by atoms with E-state index < -0.39 is 0 Å². The molecule has 1 aliphatic rings. The second-order valence-corrected chi connectivity index (χ2v) is 7.39. The Morgan fingerprint density at radius 3 is 2.22 bits per heavy atom. The maximum Gasteiger partial charge on any atom is 0.251 e. The SMILES string of the molecule is CC(C)N1CCN(c2ccc(C(=O)NCC(N)c3ccccc3)cc2)CC1. The summed E-state index contributed by atoms with van der Waals surface area (Å²) >= 11 is 0. The number of carbonyl (C=O) groups is 1. The van der Waals surface area contributed by atoms with Gasteiger partial charge in [-0.05, 0) is 43.7 Å². The summed E-state index contributed by atoms with van der Waals surface area (Å²) in [5.41, 5.74) is 9.02. The highest BCUT2D eigenvalue weighted by Gasteiger charge is 2.19. The molecular weight excluding hydrogens is 336 g/mol. The lowest BCUT2D eigenvalue weighted by Crippen LogP contribution is -2.48. The molecule has 1 fully saturated rings. The van der Waals surface area contributed by atoms with Crippen LogP contribution in [-0.2, 0) is 0 Å². The molecule has 2 aromatic carbocycles. The number of carbonyl (C=O) groups excluding carboxylic acids is 1. The third kappa shape index (κ3) is 5.08. The van der Waals surface area contributed by atoms with Gasteiger partial charge < -0.3 is 16.0 Å². The van der Waals surface area contributed by atoms with E-state index in [9.17, 15) is 4.79 Å². The van der Waals surface area contributed by atoms with Crippen molar-refractivity contribution in [3.63, 3.8) is 0 Å². The number of anilines is 1. The molecular formula is C22H30N4O. The minimum atomic E-state index is -0.202. The molecule has 1 aliphatic heterocycles. The largest absolute Gasteiger partial charge is 0.369 e. The van der Waals surface area contributed by atoms with Crippen molar-refractivity contribution in [3.8, 4) is 0 Å². The standard InChI is InChI=1S/C22H30N4O/c1-17(2)25-12-14-26(15-13-25)20-10-8-19(9-11-20)22(27)24-16-21(23)18-6-4-3-5-7-18/h3-11,17,21H,12-16,23H2,1-2H3,(H,24,27). The van der Waals surface area contributed by atoms with Gasteiger partial charge in [0, 0.05) is 56.1 Å². The lowest BCUT2D eigenvalue weighted by atomic mass is 10.1. The van der Waals surface area contributed by atoms with Gasteiger partial charge in [-0.1, -0.05) is 30.3 Å². The van der Waals surface area contributed by atoms with Crippen LogP contribution in [-0.4, -0.2) is 49.6 Å². The molecule has 3 N–H and O–H groups in total. The van der Waals surface area contributed by atoms with Gasteiger partial charge in [0.2, 0.25) is 0 Å². The van der Waals surface area contributed by atoms with E-state index in [-0.39, 0.29) is 11.9 Å². The lowest BCUT2D eigenvalue weighted by Gasteiger charge is -2.38. The van der Waals surface area contributed by atoms with Gasteiger partial charge in [-0.25, -0.2) is 0 Å². The average Bonchev–Trinajstić information content (AvgIpc) is 2.72. The highest BCUT2D eigenvalue weighted by atomic mass is 16.1. The Hall–Kier alpha value is -2.37. The van der Waals surface area contributed by atoms with Crippen molar-refractivity contribution < 1.29 is 4.79 Å². The number of benzene rings is 2. The fourth-order valence-corrected chi connectivity index (χ4v) is 3.44. The van der Waals surface area contributed by atoms with Crippen LogP contribution < -0.4 is 16.0 Å². The zero-order chi connectivity index (χ0) is 19.2. The smallest absolute Gasteiger partial charge is 0.251 e. The Morgan fingerprint density at radius 2 is 1.63 bits per heavy atom. The quantitative estimate of drug-likeness (QED) is 0.825. The number of nitrogens with one attached hydrogen (secondary N) is 1. The molecule has 3 rings (SSSR count). The summed E-state index contributed by atoms with van der Waals surface area (Å²) in [6.07, 6.45) is 0. The molecule has 0 aromatic heterocycles. The molecule has 1 heterocycles. The van der Waals surface area contributed by atoms with Crippen molar-refractivity contribution in [1.82, 2.24) is 10.2 Å². The minimum absolute atomic E-state index is 0.0856. The zero-order valence-corrected chi connectivity index (χ0v) is 16.3. The first-order valence-electron chi connectivity index (χ1n) is 9.72. The van der Waals surface area contributed by atoms with Crippen molar-refractivity contribution >= 4 is 11.6 Å². The van der Waals surface area contributed by atoms with Crippen LogP contribution in [0.4, 0.5) is 5.69 Å². The fourth-order valence-electron chi connectivity index (χ4n) is 3.44. The van der Waals surface area contributed by atoms with Crippen molar-refractivity contribution in [1.29, 1.82) is 0 Å². The second kappa shape index (κ2) is 9.02. The monoisotopic (exact) mass is 366 g/mol. The highest BCUT2D eigenvalue weighted by molar-refractivity contribution is 5.94. The van der Waals surface area contributed by atoms with Crippen LogP contribution in [0.1, 0.15) is 35.8 Å². The van der Waals surface area contributed by atoms with E-state index in [0.717, 1.165) is 31.7 Å². The predicted octanol–water partition coefficient (Wildman–Crippen LogP) is 2.65. The predicted molar refractivity (Wildman–Crippen MR) is 111 cm³/mol. The molecule has 0 radical (unpaired) electrons. The Bertz CT molecular complexity index is 722. The zero-order valence-electron chi connectivity index (χ0n) is 16.3. The van der Waals surface area contributed by atoms with Crippen LogP contribution in [0.15, 0.2) is 54.6 Å². The van der Waals surface area contributed by atoms with Gasteiger partial charge in [-0.2, -0.15) is 0 Å². The van der Waals surface area contributed by atoms with E-state index in [2.05, 4.69) is 29.0 Å². The van der Waals surface area contributed by atoms with Gasteiger partial charge in [-0.15, -0.1) is 0 Å². The van der Waals surface area contributed by atoms with Gasteiger partial charge in [0.15, 0.2) is 0 Å². The first-order chi connectivity index (χ1) is 13.0. The average molecular weight is 367 g/mol. The molecule has 1 unspecified atom stereocenters. The maximum absolute atomic E-state index is 12.4. The molecule has 2 aromatic rings. The summed E-state index contributed by atoms with van der Waals surface area (Å²) in [6, 6.07) is 18.1. The Balaban J connectivity index is 1.52. The molecule has 0 saturated carbocycles. The number of nitrogens with two attached hydrogens (primary N) is 1. The molecule has 27 heavy (non-hydrogen) atoms. The van der Waals surface area contributed by atoms with Crippen LogP contribution in [0.25, 0.3) is 0 Å². The Morgan fingerprint density at radius 1 is 1.00 bits per heavy atom. The van der Waals surface area contributed by atoms with Gasteiger partial charge in [0.1, 0.15) is 0 Å². The first kappa shape index (κ1) is 19.4. The molecule has 0 bridgehead atoms. The number of hydrogen-bond acceptors (Lipinski definition) is 4. The van der Waals surface area contributed by atoms with E-state index >= 15 is 0 Å². The fraction of sp³-hybridized carbons (Fsp3) is 0.409.